The number of benzene rings is 2. The molecule has 0 spiro atoms. The molecule has 2 aliphatic rings. The van der Waals surface area contributed by atoms with Crippen LogP contribution in [-0.2, 0) is 0 Å². The monoisotopic (exact) mass is 368 g/mol. The molecule has 1 aliphatic carbocycles. The molecule has 0 atom stereocenters. The van der Waals surface area contributed by atoms with Crippen LogP contribution in [0.25, 0.3) is 27.1 Å². The molecule has 27 heavy (non-hydrogen) atoms. The third kappa shape index (κ3) is 2.26. The maximum absolute atomic E-state index is 9.48. The summed E-state index contributed by atoms with van der Waals surface area (Å²) in [5.74, 6) is 1.54. The number of allylic oxidation sites excluding steroid dienone is 1. The van der Waals surface area contributed by atoms with Crippen LogP contribution in [0, 0.1) is 22.7 Å². The van der Waals surface area contributed by atoms with Crippen molar-refractivity contribution in [2.24, 2.45) is 0 Å². The van der Waals surface area contributed by atoms with E-state index in [1.165, 1.54) is 0 Å². The Balaban J connectivity index is 1.75. The van der Waals surface area contributed by atoms with Crippen molar-refractivity contribution in [1.82, 2.24) is 0 Å². The molecule has 128 valence electrons. The van der Waals surface area contributed by atoms with Gasteiger partial charge in [0, 0.05) is 11.0 Å². The van der Waals surface area contributed by atoms with Crippen molar-refractivity contribution in [3.05, 3.63) is 64.5 Å². The highest BCUT2D eigenvalue weighted by Gasteiger charge is 2.28. The fourth-order valence-corrected chi connectivity index (χ4v) is 4.61. The average molecular weight is 368 g/mol. The predicted octanol–water partition coefficient (Wildman–Crippen LogP) is 5.02. The number of ether oxygens (including phenoxy) is 2. The van der Waals surface area contributed by atoms with Crippen molar-refractivity contribution < 1.29 is 9.47 Å². The molecule has 0 fully saturated rings. The third-order valence-corrected chi connectivity index (χ3v) is 5.80. The molecule has 0 N–H and O–H groups in total. The van der Waals surface area contributed by atoms with Crippen molar-refractivity contribution in [3.8, 4) is 45.2 Å². The number of hydrogen-bond acceptors (Lipinski definition) is 5. The Labute approximate surface area is 160 Å². The summed E-state index contributed by atoms with van der Waals surface area (Å²) in [6.07, 6.45) is 0. The van der Waals surface area contributed by atoms with Crippen molar-refractivity contribution in [1.29, 1.82) is 10.5 Å². The normalized spacial score (nSPS) is 13.3. The van der Waals surface area contributed by atoms with Gasteiger partial charge < -0.3 is 9.47 Å². The van der Waals surface area contributed by atoms with E-state index in [2.05, 4.69) is 24.3 Å². The molecular weight excluding hydrogens is 356 g/mol. The first kappa shape index (κ1) is 15.7. The average Bonchev–Trinajstić information content (AvgIpc) is 3.29. The van der Waals surface area contributed by atoms with Gasteiger partial charge in [0.2, 0.25) is 0 Å². The van der Waals surface area contributed by atoms with Crippen molar-refractivity contribution in [3.63, 3.8) is 0 Å². The van der Waals surface area contributed by atoms with Crippen molar-refractivity contribution >= 4 is 16.9 Å². The summed E-state index contributed by atoms with van der Waals surface area (Å²) in [7, 11) is 0. The maximum Gasteiger partial charge on any atom is 0.179 e. The summed E-state index contributed by atoms with van der Waals surface area (Å²) >= 11 is 1.57. The van der Waals surface area contributed by atoms with Crippen LogP contribution in [0.1, 0.15) is 11.1 Å². The minimum Gasteiger partial charge on any atom is -0.485 e. The number of thiophene rings is 1. The second kappa shape index (κ2) is 6.02. The molecule has 3 aromatic rings. The predicted molar refractivity (Wildman–Crippen MR) is 103 cm³/mol. The molecule has 1 aliphatic heterocycles. The lowest BCUT2D eigenvalue weighted by Gasteiger charge is -2.16. The molecule has 5 rings (SSSR count). The van der Waals surface area contributed by atoms with Gasteiger partial charge in [0.05, 0.1) is 4.88 Å². The lowest BCUT2D eigenvalue weighted by atomic mass is 9.97. The molecule has 1 aromatic heterocycles. The molecule has 2 aromatic carbocycles. The molecule has 0 saturated heterocycles. The third-order valence-electron chi connectivity index (χ3n) is 4.81. The summed E-state index contributed by atoms with van der Waals surface area (Å²) in [6.45, 7) is 1.09. The lowest BCUT2D eigenvalue weighted by Crippen LogP contribution is -2.14. The van der Waals surface area contributed by atoms with Crippen LogP contribution < -0.4 is 9.47 Å². The van der Waals surface area contributed by atoms with Crippen LogP contribution in [-0.4, -0.2) is 13.2 Å². The van der Waals surface area contributed by atoms with Crippen LogP contribution in [0.4, 0.5) is 0 Å². The first-order chi connectivity index (χ1) is 13.3. The fourth-order valence-electron chi connectivity index (χ4n) is 3.68. The fraction of sp³-hybridized carbons (Fsp3) is 0.0909. The Morgan fingerprint density at radius 3 is 2.44 bits per heavy atom. The second-order valence-electron chi connectivity index (χ2n) is 6.23. The molecule has 0 saturated carbocycles. The van der Waals surface area contributed by atoms with Gasteiger partial charge >= 0.3 is 0 Å². The van der Waals surface area contributed by atoms with Crippen LogP contribution in [0.3, 0.4) is 0 Å². The topological polar surface area (TPSA) is 66.0 Å². The smallest absolute Gasteiger partial charge is 0.179 e. The Morgan fingerprint density at radius 1 is 0.889 bits per heavy atom. The molecule has 0 bridgehead atoms. The van der Waals surface area contributed by atoms with E-state index in [0.717, 1.165) is 44.2 Å². The first-order valence-corrected chi connectivity index (χ1v) is 9.36. The van der Waals surface area contributed by atoms with Gasteiger partial charge in [-0.1, -0.05) is 36.4 Å². The largest absolute Gasteiger partial charge is 0.485 e. The van der Waals surface area contributed by atoms with E-state index < -0.39 is 0 Å². The Hall–Kier alpha value is -3.54. The van der Waals surface area contributed by atoms with E-state index in [-0.39, 0.29) is 5.57 Å². The van der Waals surface area contributed by atoms with Gasteiger partial charge in [0.25, 0.3) is 0 Å². The van der Waals surface area contributed by atoms with E-state index in [1.807, 2.05) is 35.7 Å². The van der Waals surface area contributed by atoms with Crippen molar-refractivity contribution in [2.75, 3.05) is 13.2 Å². The molecule has 0 radical (unpaired) electrons. The van der Waals surface area contributed by atoms with Crippen LogP contribution in [0.2, 0.25) is 0 Å². The van der Waals surface area contributed by atoms with Gasteiger partial charge in [-0.05, 0) is 33.9 Å². The maximum atomic E-state index is 9.48. The zero-order valence-corrected chi connectivity index (χ0v) is 15.0. The summed E-state index contributed by atoms with van der Waals surface area (Å²) in [4.78, 5) is 0.998. The minimum atomic E-state index is 0.131. The van der Waals surface area contributed by atoms with Gasteiger partial charge in [0.15, 0.2) is 11.5 Å². The number of nitriles is 2. The summed E-state index contributed by atoms with van der Waals surface area (Å²) in [5.41, 5.74) is 5.74. The van der Waals surface area contributed by atoms with Gasteiger partial charge in [0.1, 0.15) is 30.9 Å². The first-order valence-electron chi connectivity index (χ1n) is 8.48. The summed E-state index contributed by atoms with van der Waals surface area (Å²) in [5, 5.41) is 20.9. The SMILES string of the molecule is N#CC(C#N)=C1c2ccccc2-c2ccc(-c3scc4c3OCCO4)cc21. The van der Waals surface area contributed by atoms with E-state index in [0.29, 0.717) is 18.8 Å². The molecule has 4 nitrogen and oxygen atoms in total. The van der Waals surface area contributed by atoms with Gasteiger partial charge in [-0.2, -0.15) is 10.5 Å². The number of fused-ring (bicyclic) bond motifs is 4. The van der Waals surface area contributed by atoms with E-state index in [4.69, 9.17) is 9.47 Å². The zero-order chi connectivity index (χ0) is 18.4. The van der Waals surface area contributed by atoms with Gasteiger partial charge in [-0.3, -0.25) is 0 Å². The van der Waals surface area contributed by atoms with Gasteiger partial charge in [-0.15, -0.1) is 11.3 Å². The van der Waals surface area contributed by atoms with Crippen LogP contribution in [0.5, 0.6) is 11.5 Å². The highest BCUT2D eigenvalue weighted by atomic mass is 32.1. The van der Waals surface area contributed by atoms with Crippen LogP contribution >= 0.6 is 11.3 Å². The highest BCUT2D eigenvalue weighted by molar-refractivity contribution is 7.14. The standard InChI is InChI=1S/C22H12N2O2S/c23-10-14(11-24)20-17-4-2-1-3-15(17)16-6-5-13(9-18(16)20)22-21-19(12-27-22)25-7-8-26-21/h1-6,9,12H,7-8H2. The number of rotatable bonds is 1. The summed E-state index contributed by atoms with van der Waals surface area (Å²) in [6, 6.07) is 18.2. The van der Waals surface area contributed by atoms with Crippen LogP contribution in [0.15, 0.2) is 53.4 Å². The van der Waals surface area contributed by atoms with E-state index in [9.17, 15) is 10.5 Å². The van der Waals surface area contributed by atoms with Gasteiger partial charge in [-0.25, -0.2) is 0 Å². The lowest BCUT2D eigenvalue weighted by molar-refractivity contribution is 0.174. The number of nitrogens with zero attached hydrogens (tertiary/aromatic N) is 2. The minimum absolute atomic E-state index is 0.131. The second-order valence-corrected chi connectivity index (χ2v) is 7.11. The molecule has 5 heteroatoms. The Bertz CT molecular complexity index is 1190. The number of hydrogen-bond donors (Lipinski definition) is 0. The molecular formula is C22H12N2O2S. The quantitative estimate of drug-likeness (QED) is 0.443. The van der Waals surface area contributed by atoms with E-state index >= 15 is 0 Å². The van der Waals surface area contributed by atoms with Crippen molar-refractivity contribution in [2.45, 2.75) is 0 Å². The molecule has 0 unspecified atom stereocenters. The molecule has 2 heterocycles. The zero-order valence-electron chi connectivity index (χ0n) is 14.2. The van der Waals surface area contributed by atoms with E-state index in [1.54, 1.807) is 11.3 Å². The summed E-state index contributed by atoms with van der Waals surface area (Å²) < 4.78 is 11.5. The Morgan fingerprint density at radius 2 is 1.63 bits per heavy atom. The highest BCUT2D eigenvalue weighted by Crippen LogP contribution is 2.50. The molecule has 0 amide bonds. The Kier molecular flexibility index (Phi) is 3.50.